The van der Waals surface area contributed by atoms with E-state index in [0.29, 0.717) is 17.7 Å². The lowest BCUT2D eigenvalue weighted by Gasteiger charge is -2.10. The van der Waals surface area contributed by atoms with Crippen LogP contribution in [0.15, 0.2) is 30.3 Å². The standard InChI is InChI=1S/C13H10ClF3N2O/c1-2-9-7-11(14)19-12(18-9)8-4-3-5-10(6-8)20-13(15,16)17/h3-7H,2H2,1H3. The number of aromatic nitrogens is 2. The number of ether oxygens (including phenoxy) is 1. The summed E-state index contributed by atoms with van der Waals surface area (Å²) in [5.41, 5.74) is 1.12. The average molecular weight is 303 g/mol. The Morgan fingerprint density at radius 3 is 2.60 bits per heavy atom. The molecule has 0 amide bonds. The summed E-state index contributed by atoms with van der Waals surface area (Å²) in [5, 5.41) is 0.244. The van der Waals surface area contributed by atoms with Crippen molar-refractivity contribution >= 4 is 11.6 Å². The van der Waals surface area contributed by atoms with Crippen LogP contribution in [0, 0.1) is 0 Å². The molecule has 2 aromatic rings. The highest BCUT2D eigenvalue weighted by Crippen LogP contribution is 2.27. The average Bonchev–Trinajstić information content (AvgIpc) is 2.36. The van der Waals surface area contributed by atoms with Crippen molar-refractivity contribution in [3.05, 3.63) is 41.2 Å². The molecule has 0 aliphatic rings. The van der Waals surface area contributed by atoms with Crippen molar-refractivity contribution in [3.8, 4) is 17.1 Å². The molecule has 1 heterocycles. The van der Waals surface area contributed by atoms with E-state index in [4.69, 9.17) is 11.6 Å². The van der Waals surface area contributed by atoms with Crippen LogP contribution in [0.4, 0.5) is 13.2 Å². The Kier molecular flexibility index (Phi) is 4.13. The molecule has 3 nitrogen and oxygen atoms in total. The second-order valence-corrected chi connectivity index (χ2v) is 4.32. The van der Waals surface area contributed by atoms with Crippen molar-refractivity contribution in [3.63, 3.8) is 0 Å². The van der Waals surface area contributed by atoms with E-state index in [0.717, 1.165) is 0 Å². The summed E-state index contributed by atoms with van der Waals surface area (Å²) in [6, 6.07) is 7.07. The number of hydrogen-bond acceptors (Lipinski definition) is 3. The Labute approximate surface area is 118 Å². The number of hydrogen-bond donors (Lipinski definition) is 0. The van der Waals surface area contributed by atoms with Crippen LogP contribution in [-0.4, -0.2) is 16.3 Å². The summed E-state index contributed by atoms with van der Waals surface area (Å²) in [7, 11) is 0. The molecule has 106 valence electrons. The van der Waals surface area contributed by atoms with Crippen LogP contribution in [0.5, 0.6) is 5.75 Å². The van der Waals surface area contributed by atoms with Gasteiger partial charge in [-0.1, -0.05) is 30.7 Å². The zero-order valence-electron chi connectivity index (χ0n) is 10.4. The van der Waals surface area contributed by atoms with E-state index in [9.17, 15) is 13.2 Å². The Balaban J connectivity index is 2.38. The summed E-state index contributed by atoms with van der Waals surface area (Å²) in [6.07, 6.45) is -4.09. The molecule has 0 fully saturated rings. The van der Waals surface area contributed by atoms with Crippen molar-refractivity contribution in [2.45, 2.75) is 19.7 Å². The molecule has 0 bridgehead atoms. The third-order valence-electron chi connectivity index (χ3n) is 2.44. The summed E-state index contributed by atoms with van der Waals surface area (Å²) < 4.78 is 40.4. The van der Waals surface area contributed by atoms with E-state index in [-0.39, 0.29) is 16.7 Å². The van der Waals surface area contributed by atoms with Crippen molar-refractivity contribution < 1.29 is 17.9 Å². The second kappa shape index (κ2) is 5.66. The molecule has 1 aromatic carbocycles. The fraction of sp³-hybridized carbons (Fsp3) is 0.231. The SMILES string of the molecule is CCc1cc(Cl)nc(-c2cccc(OC(F)(F)F)c2)n1. The highest BCUT2D eigenvalue weighted by atomic mass is 35.5. The van der Waals surface area contributed by atoms with Gasteiger partial charge in [0.15, 0.2) is 5.82 Å². The number of alkyl halides is 3. The van der Waals surface area contributed by atoms with Gasteiger partial charge in [-0.3, -0.25) is 0 Å². The van der Waals surface area contributed by atoms with Gasteiger partial charge in [-0.25, -0.2) is 9.97 Å². The van der Waals surface area contributed by atoms with Gasteiger partial charge in [0, 0.05) is 11.3 Å². The van der Waals surface area contributed by atoms with Gasteiger partial charge in [-0.2, -0.15) is 0 Å². The molecule has 2 rings (SSSR count). The molecule has 0 saturated heterocycles. The van der Waals surface area contributed by atoms with Gasteiger partial charge in [0.25, 0.3) is 0 Å². The highest BCUT2D eigenvalue weighted by molar-refractivity contribution is 6.29. The fourth-order valence-electron chi connectivity index (χ4n) is 1.61. The number of nitrogens with zero attached hydrogens (tertiary/aromatic N) is 2. The van der Waals surface area contributed by atoms with E-state index in [1.54, 1.807) is 12.1 Å². The van der Waals surface area contributed by atoms with E-state index in [1.807, 2.05) is 6.92 Å². The lowest BCUT2D eigenvalue weighted by atomic mass is 10.2. The molecule has 0 atom stereocenters. The Morgan fingerprint density at radius 1 is 1.20 bits per heavy atom. The van der Waals surface area contributed by atoms with E-state index in [1.165, 1.54) is 18.2 Å². The summed E-state index contributed by atoms with van der Waals surface area (Å²) in [6.45, 7) is 1.89. The maximum Gasteiger partial charge on any atom is 0.573 e. The van der Waals surface area contributed by atoms with Crippen molar-refractivity contribution in [2.24, 2.45) is 0 Å². The van der Waals surface area contributed by atoms with Crippen molar-refractivity contribution in [1.29, 1.82) is 0 Å². The number of halogens is 4. The predicted molar refractivity (Wildman–Crippen MR) is 68.5 cm³/mol. The van der Waals surface area contributed by atoms with Gasteiger partial charge in [-0.15, -0.1) is 13.2 Å². The zero-order valence-corrected chi connectivity index (χ0v) is 11.2. The molecule has 0 aliphatic heterocycles. The molecule has 0 saturated carbocycles. The monoisotopic (exact) mass is 302 g/mol. The third-order valence-corrected chi connectivity index (χ3v) is 2.63. The Morgan fingerprint density at radius 2 is 1.95 bits per heavy atom. The lowest BCUT2D eigenvalue weighted by Crippen LogP contribution is -2.17. The fourth-order valence-corrected chi connectivity index (χ4v) is 1.81. The third kappa shape index (κ3) is 3.84. The van der Waals surface area contributed by atoms with Crippen LogP contribution in [0.25, 0.3) is 11.4 Å². The first-order valence-electron chi connectivity index (χ1n) is 5.77. The maximum absolute atomic E-state index is 12.2. The van der Waals surface area contributed by atoms with Crippen LogP contribution in [-0.2, 0) is 6.42 Å². The van der Waals surface area contributed by atoms with E-state index >= 15 is 0 Å². The first-order valence-corrected chi connectivity index (χ1v) is 6.15. The number of benzene rings is 1. The van der Waals surface area contributed by atoms with Gasteiger partial charge in [0.2, 0.25) is 0 Å². The van der Waals surface area contributed by atoms with Crippen LogP contribution in [0.3, 0.4) is 0 Å². The molecular formula is C13H10ClF3N2O. The highest BCUT2D eigenvalue weighted by Gasteiger charge is 2.31. The topological polar surface area (TPSA) is 35.0 Å². The number of aryl methyl sites for hydroxylation is 1. The Hall–Kier alpha value is -1.82. The zero-order chi connectivity index (χ0) is 14.8. The lowest BCUT2D eigenvalue weighted by molar-refractivity contribution is -0.274. The van der Waals surface area contributed by atoms with Gasteiger partial charge in [0.1, 0.15) is 10.9 Å². The van der Waals surface area contributed by atoms with E-state index in [2.05, 4.69) is 14.7 Å². The molecule has 0 spiro atoms. The first-order chi connectivity index (χ1) is 9.37. The molecular weight excluding hydrogens is 293 g/mol. The second-order valence-electron chi connectivity index (χ2n) is 3.93. The maximum atomic E-state index is 12.2. The quantitative estimate of drug-likeness (QED) is 0.795. The Bertz CT molecular complexity index is 617. The minimum absolute atomic E-state index is 0.244. The summed E-state index contributed by atoms with van der Waals surface area (Å²) in [4.78, 5) is 8.23. The predicted octanol–water partition coefficient (Wildman–Crippen LogP) is 4.26. The largest absolute Gasteiger partial charge is 0.573 e. The van der Waals surface area contributed by atoms with Crippen molar-refractivity contribution in [1.82, 2.24) is 9.97 Å². The molecule has 1 aromatic heterocycles. The normalized spacial score (nSPS) is 11.4. The summed E-state index contributed by atoms with van der Waals surface area (Å²) in [5.74, 6) is -0.0569. The molecule has 0 N–H and O–H groups in total. The first kappa shape index (κ1) is 14.6. The van der Waals surface area contributed by atoms with Gasteiger partial charge in [-0.05, 0) is 24.6 Å². The van der Waals surface area contributed by atoms with Gasteiger partial charge < -0.3 is 4.74 Å². The number of rotatable bonds is 3. The summed E-state index contributed by atoms with van der Waals surface area (Å²) >= 11 is 5.86. The molecule has 0 aliphatic carbocycles. The van der Waals surface area contributed by atoms with Crippen molar-refractivity contribution in [2.75, 3.05) is 0 Å². The molecule has 0 unspecified atom stereocenters. The van der Waals surface area contributed by atoms with E-state index < -0.39 is 6.36 Å². The minimum Gasteiger partial charge on any atom is -0.406 e. The molecule has 0 radical (unpaired) electrons. The molecule has 7 heteroatoms. The van der Waals surface area contributed by atoms with Gasteiger partial charge >= 0.3 is 6.36 Å². The minimum atomic E-state index is -4.73. The van der Waals surface area contributed by atoms with Crippen LogP contribution in [0.1, 0.15) is 12.6 Å². The van der Waals surface area contributed by atoms with Gasteiger partial charge in [0.05, 0.1) is 0 Å². The molecule has 20 heavy (non-hydrogen) atoms. The smallest absolute Gasteiger partial charge is 0.406 e. The van der Waals surface area contributed by atoms with Crippen LogP contribution in [0.2, 0.25) is 5.15 Å². The van der Waals surface area contributed by atoms with Crippen LogP contribution >= 0.6 is 11.6 Å². The van der Waals surface area contributed by atoms with Crippen LogP contribution < -0.4 is 4.74 Å².